The topological polar surface area (TPSA) is 26.0 Å². The molecule has 82 valence electrons. The number of rotatable bonds is 4. The molecule has 0 heterocycles. The lowest BCUT2D eigenvalue weighted by molar-refractivity contribution is 0.573. The van der Waals surface area contributed by atoms with Crippen molar-refractivity contribution in [3.63, 3.8) is 0 Å². The van der Waals surface area contributed by atoms with E-state index in [0.29, 0.717) is 0 Å². The van der Waals surface area contributed by atoms with Crippen LogP contribution in [0.25, 0.3) is 0 Å². The summed E-state index contributed by atoms with van der Waals surface area (Å²) < 4.78 is 2.40. The highest BCUT2D eigenvalue weighted by molar-refractivity contribution is 14.1. The molecule has 1 saturated carbocycles. The Balaban J connectivity index is 2.02. The van der Waals surface area contributed by atoms with Crippen LogP contribution in [-0.4, -0.2) is 0 Å². The van der Waals surface area contributed by atoms with Gasteiger partial charge in [0.25, 0.3) is 0 Å². The molecule has 0 spiro atoms. The first-order valence-corrected chi connectivity index (χ1v) is 7.24. The zero-order chi connectivity index (χ0) is 10.8. The van der Waals surface area contributed by atoms with Crippen molar-refractivity contribution in [2.75, 3.05) is 0 Å². The average Bonchev–Trinajstić information content (AvgIpc) is 3.02. The maximum Gasteiger partial charge on any atom is 0.0306 e. The van der Waals surface area contributed by atoms with Gasteiger partial charge in [0.1, 0.15) is 0 Å². The van der Waals surface area contributed by atoms with E-state index >= 15 is 0 Å². The fourth-order valence-corrected chi connectivity index (χ4v) is 2.83. The fourth-order valence-electron chi connectivity index (χ4n) is 1.78. The summed E-state index contributed by atoms with van der Waals surface area (Å²) >= 11 is 5.90. The van der Waals surface area contributed by atoms with Crippen molar-refractivity contribution >= 4 is 38.5 Å². The second-order valence-corrected chi connectivity index (χ2v) is 6.39. The smallest absolute Gasteiger partial charge is 0.0306 e. The lowest BCUT2D eigenvalue weighted by atomic mass is 10.0. The molecule has 1 aromatic rings. The monoisotopic (exact) mass is 379 g/mol. The minimum atomic E-state index is 0.190. The van der Waals surface area contributed by atoms with E-state index in [1.807, 2.05) is 0 Å². The maximum absolute atomic E-state index is 6.21. The first-order valence-electron chi connectivity index (χ1n) is 5.37. The molecule has 0 aliphatic heterocycles. The molecule has 1 fully saturated rings. The van der Waals surface area contributed by atoms with E-state index in [1.54, 1.807) is 0 Å². The van der Waals surface area contributed by atoms with Crippen LogP contribution in [0, 0.1) is 9.49 Å². The Kier molecular flexibility index (Phi) is 4.07. The average molecular weight is 380 g/mol. The summed E-state index contributed by atoms with van der Waals surface area (Å²) in [7, 11) is 0. The Hall–Kier alpha value is 0.390. The minimum absolute atomic E-state index is 0.190. The standard InChI is InChI=1S/C12H15BrIN/c13-11-5-4-9(14)7-10(11)12(15)6-3-8-1-2-8/h4-5,7-8,12H,1-3,6,15H2. The molecular weight excluding hydrogens is 365 g/mol. The molecule has 0 radical (unpaired) electrons. The molecule has 0 bridgehead atoms. The quantitative estimate of drug-likeness (QED) is 0.777. The van der Waals surface area contributed by atoms with Gasteiger partial charge in [0.05, 0.1) is 0 Å². The molecule has 1 atom stereocenters. The normalized spacial score (nSPS) is 17.8. The van der Waals surface area contributed by atoms with Crippen molar-refractivity contribution in [3.05, 3.63) is 31.8 Å². The molecule has 0 saturated heterocycles. The summed E-state index contributed by atoms with van der Waals surface area (Å²) in [6.07, 6.45) is 5.24. The van der Waals surface area contributed by atoms with Crippen LogP contribution in [0.15, 0.2) is 22.7 Å². The van der Waals surface area contributed by atoms with Crippen molar-refractivity contribution in [3.8, 4) is 0 Å². The molecule has 1 unspecified atom stereocenters. The van der Waals surface area contributed by atoms with E-state index < -0.39 is 0 Å². The number of hydrogen-bond acceptors (Lipinski definition) is 1. The molecule has 1 nitrogen and oxygen atoms in total. The van der Waals surface area contributed by atoms with Gasteiger partial charge in [0, 0.05) is 14.1 Å². The highest BCUT2D eigenvalue weighted by Gasteiger charge is 2.22. The lowest BCUT2D eigenvalue weighted by Gasteiger charge is -2.14. The zero-order valence-corrected chi connectivity index (χ0v) is 12.3. The molecule has 1 aliphatic rings. The Morgan fingerprint density at radius 3 is 2.87 bits per heavy atom. The van der Waals surface area contributed by atoms with E-state index in [2.05, 4.69) is 56.7 Å². The first kappa shape index (κ1) is 11.9. The van der Waals surface area contributed by atoms with Crippen LogP contribution in [-0.2, 0) is 0 Å². The van der Waals surface area contributed by atoms with Crippen LogP contribution in [0.1, 0.15) is 37.3 Å². The van der Waals surface area contributed by atoms with E-state index in [-0.39, 0.29) is 6.04 Å². The predicted octanol–water partition coefficient (Wildman–Crippen LogP) is 4.24. The Morgan fingerprint density at radius 1 is 1.47 bits per heavy atom. The molecule has 2 rings (SSSR count). The molecule has 1 aromatic carbocycles. The summed E-state index contributed by atoms with van der Waals surface area (Å²) in [6, 6.07) is 6.56. The lowest BCUT2D eigenvalue weighted by Crippen LogP contribution is -2.11. The zero-order valence-electron chi connectivity index (χ0n) is 8.55. The van der Waals surface area contributed by atoms with Crippen LogP contribution < -0.4 is 5.73 Å². The SMILES string of the molecule is NC(CCC1CC1)c1cc(I)ccc1Br. The van der Waals surface area contributed by atoms with Crippen molar-refractivity contribution < 1.29 is 0 Å². The summed E-state index contributed by atoms with van der Waals surface area (Å²) in [6.45, 7) is 0. The molecule has 0 amide bonds. The third kappa shape index (κ3) is 3.43. The fraction of sp³-hybridized carbons (Fsp3) is 0.500. The summed E-state index contributed by atoms with van der Waals surface area (Å²) in [5.41, 5.74) is 7.46. The van der Waals surface area contributed by atoms with Crippen molar-refractivity contribution in [1.29, 1.82) is 0 Å². The van der Waals surface area contributed by atoms with Gasteiger partial charge in [0.2, 0.25) is 0 Å². The molecule has 2 N–H and O–H groups in total. The van der Waals surface area contributed by atoms with E-state index in [9.17, 15) is 0 Å². The summed E-state index contributed by atoms with van der Waals surface area (Å²) in [5, 5.41) is 0. The Labute approximate surface area is 113 Å². The summed E-state index contributed by atoms with van der Waals surface area (Å²) in [5.74, 6) is 0.970. The van der Waals surface area contributed by atoms with Gasteiger partial charge in [-0.15, -0.1) is 0 Å². The third-order valence-electron chi connectivity index (χ3n) is 2.94. The van der Waals surface area contributed by atoms with Gasteiger partial charge in [0.15, 0.2) is 0 Å². The summed E-state index contributed by atoms with van der Waals surface area (Å²) in [4.78, 5) is 0. The molecule has 1 aliphatic carbocycles. The largest absolute Gasteiger partial charge is 0.324 e. The van der Waals surface area contributed by atoms with E-state index in [1.165, 1.54) is 28.4 Å². The van der Waals surface area contributed by atoms with E-state index in [0.717, 1.165) is 16.8 Å². The van der Waals surface area contributed by atoms with Gasteiger partial charge in [-0.1, -0.05) is 28.8 Å². The molecule has 15 heavy (non-hydrogen) atoms. The van der Waals surface area contributed by atoms with E-state index in [4.69, 9.17) is 5.73 Å². The second kappa shape index (κ2) is 5.15. The van der Waals surface area contributed by atoms with Crippen molar-refractivity contribution in [2.24, 2.45) is 11.7 Å². The van der Waals surface area contributed by atoms with Gasteiger partial charge >= 0.3 is 0 Å². The van der Waals surface area contributed by atoms with Gasteiger partial charge < -0.3 is 5.73 Å². The van der Waals surface area contributed by atoms with Crippen molar-refractivity contribution in [2.45, 2.75) is 31.7 Å². The number of halogens is 2. The van der Waals surface area contributed by atoms with Crippen LogP contribution in [0.2, 0.25) is 0 Å². The first-order chi connectivity index (χ1) is 7.16. The maximum atomic E-state index is 6.21. The third-order valence-corrected chi connectivity index (χ3v) is 4.33. The van der Waals surface area contributed by atoms with Gasteiger partial charge in [-0.05, 0) is 65.1 Å². The van der Waals surface area contributed by atoms with Gasteiger partial charge in [-0.25, -0.2) is 0 Å². The van der Waals surface area contributed by atoms with Crippen LogP contribution >= 0.6 is 38.5 Å². The van der Waals surface area contributed by atoms with Crippen LogP contribution in [0.5, 0.6) is 0 Å². The highest BCUT2D eigenvalue weighted by Crippen LogP contribution is 2.36. The second-order valence-electron chi connectivity index (χ2n) is 4.29. The minimum Gasteiger partial charge on any atom is -0.324 e. The van der Waals surface area contributed by atoms with Gasteiger partial charge in [-0.3, -0.25) is 0 Å². The number of benzene rings is 1. The molecule has 0 aromatic heterocycles. The van der Waals surface area contributed by atoms with Crippen LogP contribution in [0.4, 0.5) is 0 Å². The number of hydrogen-bond donors (Lipinski definition) is 1. The Morgan fingerprint density at radius 2 is 2.20 bits per heavy atom. The molecule has 3 heteroatoms. The van der Waals surface area contributed by atoms with Crippen molar-refractivity contribution in [1.82, 2.24) is 0 Å². The predicted molar refractivity (Wildman–Crippen MR) is 75.7 cm³/mol. The highest BCUT2D eigenvalue weighted by atomic mass is 127. The van der Waals surface area contributed by atoms with Crippen LogP contribution in [0.3, 0.4) is 0 Å². The molecular formula is C12H15BrIN. The number of nitrogens with two attached hydrogens (primary N) is 1. The van der Waals surface area contributed by atoms with Gasteiger partial charge in [-0.2, -0.15) is 0 Å². The Bertz CT molecular complexity index is 349.